The van der Waals surface area contributed by atoms with E-state index in [9.17, 15) is 22.8 Å². The number of piperidine rings is 1. The van der Waals surface area contributed by atoms with Gasteiger partial charge in [-0.2, -0.15) is 13.2 Å². The summed E-state index contributed by atoms with van der Waals surface area (Å²) in [6, 6.07) is 1.20. The fourth-order valence-corrected chi connectivity index (χ4v) is 2.57. The first-order valence-electron chi connectivity index (χ1n) is 6.83. The predicted molar refractivity (Wildman–Crippen MR) is 67.4 cm³/mol. The lowest BCUT2D eigenvalue weighted by Crippen LogP contribution is -2.48. The summed E-state index contributed by atoms with van der Waals surface area (Å²) < 4.78 is 48.1. The molecule has 0 radical (unpaired) electrons. The molecule has 1 aromatic heterocycles. The highest BCUT2D eigenvalue weighted by Gasteiger charge is 2.43. The van der Waals surface area contributed by atoms with Gasteiger partial charge in [-0.25, -0.2) is 14.8 Å². The summed E-state index contributed by atoms with van der Waals surface area (Å²) in [7, 11) is 0. The summed E-state index contributed by atoms with van der Waals surface area (Å²) >= 11 is 0. The number of aryl methyl sites for hydroxylation is 1. The molecule has 2 atom stereocenters. The van der Waals surface area contributed by atoms with Crippen molar-refractivity contribution in [3.8, 4) is 0 Å². The average molecular weight is 331 g/mol. The molecule has 7 nitrogen and oxygen atoms in total. The molecule has 0 aliphatic carbocycles. The van der Waals surface area contributed by atoms with Gasteiger partial charge in [0.1, 0.15) is 11.8 Å². The molecule has 0 spiro atoms. The van der Waals surface area contributed by atoms with Gasteiger partial charge in [0.15, 0.2) is 6.10 Å². The first kappa shape index (κ1) is 15.5. The van der Waals surface area contributed by atoms with Crippen LogP contribution in [0.4, 0.5) is 18.0 Å². The molecule has 1 aromatic rings. The van der Waals surface area contributed by atoms with E-state index in [0.29, 0.717) is 6.42 Å². The van der Waals surface area contributed by atoms with Crippen LogP contribution in [0.2, 0.25) is 0 Å². The molecule has 0 saturated carbocycles. The average Bonchev–Trinajstić information content (AvgIpc) is 2.84. The molecule has 2 fully saturated rings. The number of alkyl halides is 3. The van der Waals surface area contributed by atoms with E-state index in [1.165, 1.54) is 17.9 Å². The highest BCUT2D eigenvalue weighted by atomic mass is 19.4. The Morgan fingerprint density at radius 2 is 2.00 bits per heavy atom. The second kappa shape index (κ2) is 5.36. The number of fused-ring (bicyclic) bond motifs is 1. The number of hydrogen-bond acceptors (Lipinski definition) is 6. The Bertz CT molecular complexity index is 664. The van der Waals surface area contributed by atoms with Crippen molar-refractivity contribution in [2.24, 2.45) is 0 Å². The number of ether oxygens (including phenoxy) is 2. The van der Waals surface area contributed by atoms with Crippen molar-refractivity contribution in [1.29, 1.82) is 0 Å². The zero-order valence-corrected chi connectivity index (χ0v) is 12.0. The molecule has 2 unspecified atom stereocenters. The van der Waals surface area contributed by atoms with Gasteiger partial charge in [-0.3, -0.25) is 4.79 Å². The van der Waals surface area contributed by atoms with Gasteiger partial charge in [0.05, 0.1) is 6.54 Å². The number of nitrogens with zero attached hydrogens (tertiary/aromatic N) is 3. The molecule has 2 aliphatic heterocycles. The van der Waals surface area contributed by atoms with Crippen LogP contribution in [-0.2, 0) is 15.7 Å². The normalized spacial score (nSPS) is 24.0. The number of likely N-dealkylation sites (tertiary alicyclic amines) is 1. The number of hydrogen-bond donors (Lipinski definition) is 0. The lowest BCUT2D eigenvalue weighted by atomic mass is 10.0. The maximum Gasteiger partial charge on any atom is 0.509 e. The van der Waals surface area contributed by atoms with Crippen LogP contribution in [0.1, 0.15) is 28.4 Å². The summed E-state index contributed by atoms with van der Waals surface area (Å²) in [5.41, 5.74) is -0.297. The molecule has 3 heterocycles. The second-order valence-corrected chi connectivity index (χ2v) is 5.32. The molecule has 0 bridgehead atoms. The summed E-state index contributed by atoms with van der Waals surface area (Å²) in [4.78, 5) is 31.4. The quantitative estimate of drug-likeness (QED) is 0.726. The molecule has 1 amide bonds. The van der Waals surface area contributed by atoms with Gasteiger partial charge < -0.3 is 14.4 Å². The van der Waals surface area contributed by atoms with Crippen LogP contribution in [0.25, 0.3) is 0 Å². The zero-order chi connectivity index (χ0) is 16.8. The van der Waals surface area contributed by atoms with Crippen molar-refractivity contribution in [1.82, 2.24) is 14.9 Å². The number of rotatable bonds is 1. The summed E-state index contributed by atoms with van der Waals surface area (Å²) in [6.45, 7) is 1.65. The lowest BCUT2D eigenvalue weighted by molar-refractivity contribution is -0.145. The van der Waals surface area contributed by atoms with Crippen LogP contribution in [0.3, 0.4) is 0 Å². The summed E-state index contributed by atoms with van der Waals surface area (Å²) in [5, 5.41) is 0. The Balaban J connectivity index is 1.81. The number of aromatic nitrogens is 2. The minimum absolute atomic E-state index is 0.0428. The van der Waals surface area contributed by atoms with E-state index >= 15 is 0 Å². The molecule has 0 aromatic carbocycles. The SMILES string of the molecule is Cc1cc(C(=O)N2CCC3OC(=O)OC3C2)nc(C(F)(F)F)n1. The van der Waals surface area contributed by atoms with E-state index in [0.717, 1.165) is 0 Å². The molecule has 23 heavy (non-hydrogen) atoms. The fourth-order valence-electron chi connectivity index (χ4n) is 2.57. The highest BCUT2D eigenvalue weighted by Crippen LogP contribution is 2.28. The molecule has 0 N–H and O–H groups in total. The Kier molecular flexibility index (Phi) is 3.61. The van der Waals surface area contributed by atoms with Crippen molar-refractivity contribution < 1.29 is 32.2 Å². The van der Waals surface area contributed by atoms with E-state index in [2.05, 4.69) is 9.97 Å². The van der Waals surface area contributed by atoms with E-state index in [4.69, 9.17) is 9.47 Å². The van der Waals surface area contributed by atoms with Crippen LogP contribution >= 0.6 is 0 Å². The third kappa shape index (κ3) is 3.06. The lowest BCUT2D eigenvalue weighted by Gasteiger charge is -2.31. The number of carbonyl (C=O) groups is 2. The van der Waals surface area contributed by atoms with E-state index in [1.807, 2.05) is 0 Å². The topological polar surface area (TPSA) is 81.6 Å². The van der Waals surface area contributed by atoms with Crippen LogP contribution in [0, 0.1) is 6.92 Å². The van der Waals surface area contributed by atoms with Gasteiger partial charge in [-0.15, -0.1) is 0 Å². The van der Waals surface area contributed by atoms with Gasteiger partial charge in [0.2, 0.25) is 5.82 Å². The van der Waals surface area contributed by atoms with Crippen molar-refractivity contribution in [3.63, 3.8) is 0 Å². The third-order valence-electron chi connectivity index (χ3n) is 3.61. The molecular weight excluding hydrogens is 319 g/mol. The molecular formula is C13H12F3N3O4. The maximum absolute atomic E-state index is 12.7. The van der Waals surface area contributed by atoms with Gasteiger partial charge in [0, 0.05) is 18.7 Å². The first-order valence-corrected chi connectivity index (χ1v) is 6.83. The second-order valence-electron chi connectivity index (χ2n) is 5.32. The summed E-state index contributed by atoms with van der Waals surface area (Å²) in [6.07, 6.45) is -6.21. The number of halogens is 3. The minimum atomic E-state index is -4.73. The van der Waals surface area contributed by atoms with E-state index < -0.39 is 36.3 Å². The van der Waals surface area contributed by atoms with Crippen LogP contribution in [0.5, 0.6) is 0 Å². The van der Waals surface area contributed by atoms with Gasteiger partial charge in [0.25, 0.3) is 5.91 Å². The minimum Gasteiger partial charge on any atom is -0.427 e. The Morgan fingerprint density at radius 1 is 1.30 bits per heavy atom. The monoisotopic (exact) mass is 331 g/mol. The van der Waals surface area contributed by atoms with E-state index in [1.54, 1.807) is 0 Å². The van der Waals surface area contributed by atoms with Crippen molar-refractivity contribution >= 4 is 12.1 Å². The van der Waals surface area contributed by atoms with Gasteiger partial charge in [-0.1, -0.05) is 0 Å². The van der Waals surface area contributed by atoms with Crippen LogP contribution < -0.4 is 0 Å². The zero-order valence-electron chi connectivity index (χ0n) is 12.0. The van der Waals surface area contributed by atoms with E-state index in [-0.39, 0.29) is 24.5 Å². The largest absolute Gasteiger partial charge is 0.509 e. The van der Waals surface area contributed by atoms with Crippen molar-refractivity contribution in [3.05, 3.63) is 23.3 Å². The Labute approximate surface area is 128 Å². The Morgan fingerprint density at radius 3 is 2.70 bits per heavy atom. The van der Waals surface area contributed by atoms with Crippen LogP contribution in [0.15, 0.2) is 6.07 Å². The first-order chi connectivity index (χ1) is 10.7. The highest BCUT2D eigenvalue weighted by molar-refractivity contribution is 5.92. The standard InChI is InChI=1S/C13H12F3N3O4/c1-6-4-7(18-11(17-6)13(14,15)16)10(20)19-3-2-8-9(5-19)23-12(21)22-8/h4,8-9H,2-3,5H2,1H3. The molecule has 2 saturated heterocycles. The van der Waals surface area contributed by atoms with Crippen LogP contribution in [-0.4, -0.2) is 52.2 Å². The van der Waals surface area contributed by atoms with Gasteiger partial charge in [-0.05, 0) is 13.0 Å². The Hall–Kier alpha value is -2.39. The maximum atomic E-state index is 12.7. The molecule has 124 valence electrons. The number of carbonyl (C=O) groups excluding carboxylic acids is 2. The smallest absolute Gasteiger partial charge is 0.427 e. The molecule has 3 rings (SSSR count). The predicted octanol–water partition coefficient (Wildman–Crippen LogP) is 1.55. The fraction of sp³-hybridized carbons (Fsp3) is 0.538. The van der Waals surface area contributed by atoms with Crippen molar-refractivity contribution in [2.75, 3.05) is 13.1 Å². The van der Waals surface area contributed by atoms with Crippen molar-refractivity contribution in [2.45, 2.75) is 31.7 Å². The third-order valence-corrected chi connectivity index (χ3v) is 3.61. The number of amides is 1. The molecule has 10 heteroatoms. The van der Waals surface area contributed by atoms with Gasteiger partial charge >= 0.3 is 12.3 Å². The molecule has 2 aliphatic rings. The summed E-state index contributed by atoms with van der Waals surface area (Å²) in [5.74, 6) is -2.02.